The van der Waals surface area contributed by atoms with Crippen LogP contribution in [0.5, 0.6) is 5.75 Å². The molecule has 5 nitrogen and oxygen atoms in total. The molecule has 2 heterocycles. The highest BCUT2D eigenvalue weighted by Crippen LogP contribution is 2.26. The fourth-order valence-electron chi connectivity index (χ4n) is 2.96. The first kappa shape index (κ1) is 14.7. The van der Waals surface area contributed by atoms with E-state index >= 15 is 0 Å². The molecule has 6 heteroatoms. The van der Waals surface area contributed by atoms with Crippen molar-refractivity contribution in [2.45, 2.75) is 6.42 Å². The lowest BCUT2D eigenvalue weighted by Crippen LogP contribution is -2.04. The van der Waals surface area contributed by atoms with Gasteiger partial charge in [0.1, 0.15) is 11.6 Å². The van der Waals surface area contributed by atoms with E-state index in [1.807, 2.05) is 47.2 Å². The quantitative estimate of drug-likeness (QED) is 0.554. The Labute approximate surface area is 143 Å². The molecule has 0 bridgehead atoms. The van der Waals surface area contributed by atoms with Crippen molar-refractivity contribution >= 4 is 23.1 Å². The Morgan fingerprint density at radius 2 is 1.92 bits per heavy atom. The van der Waals surface area contributed by atoms with Gasteiger partial charge in [0.05, 0.1) is 12.8 Å². The Morgan fingerprint density at radius 1 is 1.12 bits per heavy atom. The Hall–Kier alpha value is -2.86. The molecule has 2 aromatic heterocycles. The Morgan fingerprint density at radius 3 is 2.79 bits per heavy atom. The van der Waals surface area contributed by atoms with Gasteiger partial charge in [-0.1, -0.05) is 30.3 Å². The summed E-state index contributed by atoms with van der Waals surface area (Å²) in [6.45, 7) is 0. The van der Waals surface area contributed by atoms with E-state index in [4.69, 9.17) is 17.0 Å². The highest BCUT2D eigenvalue weighted by atomic mass is 32.1. The lowest BCUT2D eigenvalue weighted by molar-refractivity contribution is 0.412. The number of hydrogen-bond donors (Lipinski definition) is 2. The molecule has 0 fully saturated rings. The second-order valence-electron chi connectivity index (χ2n) is 5.49. The van der Waals surface area contributed by atoms with Crippen molar-refractivity contribution < 1.29 is 4.74 Å². The third kappa shape index (κ3) is 2.41. The third-order valence-corrected chi connectivity index (χ3v) is 4.37. The molecule has 0 spiro atoms. The van der Waals surface area contributed by atoms with Crippen LogP contribution in [0.25, 0.3) is 16.6 Å². The second kappa shape index (κ2) is 5.98. The summed E-state index contributed by atoms with van der Waals surface area (Å²) in [4.78, 5) is 3.30. The summed E-state index contributed by atoms with van der Waals surface area (Å²) in [5.74, 6) is 1.60. The van der Waals surface area contributed by atoms with Crippen molar-refractivity contribution in [1.82, 2.24) is 19.7 Å². The summed E-state index contributed by atoms with van der Waals surface area (Å²) >= 11 is 5.44. The first-order valence-corrected chi connectivity index (χ1v) is 8.03. The van der Waals surface area contributed by atoms with Crippen LogP contribution in [-0.2, 0) is 6.42 Å². The largest absolute Gasteiger partial charge is 0.495 e. The predicted octanol–water partition coefficient (Wildman–Crippen LogP) is 4.01. The van der Waals surface area contributed by atoms with Crippen LogP contribution < -0.4 is 4.74 Å². The van der Waals surface area contributed by atoms with Crippen molar-refractivity contribution in [3.63, 3.8) is 0 Å². The number of ether oxygens (including phenoxy) is 1. The molecule has 0 amide bonds. The molecule has 0 unspecified atom stereocenters. The monoisotopic (exact) mass is 336 g/mol. The summed E-state index contributed by atoms with van der Waals surface area (Å²) in [7, 11) is 1.65. The number of rotatable bonds is 4. The van der Waals surface area contributed by atoms with Gasteiger partial charge in [0.15, 0.2) is 4.77 Å². The topological polar surface area (TPSA) is 58.6 Å². The Kier molecular flexibility index (Phi) is 3.66. The van der Waals surface area contributed by atoms with E-state index in [1.54, 1.807) is 7.11 Å². The first-order chi connectivity index (χ1) is 11.8. The molecule has 120 valence electrons. The summed E-state index contributed by atoms with van der Waals surface area (Å²) in [6, 6.07) is 16.0. The van der Waals surface area contributed by atoms with Gasteiger partial charge in [-0.3, -0.25) is 9.67 Å². The minimum Gasteiger partial charge on any atom is -0.495 e. The lowest BCUT2D eigenvalue weighted by atomic mass is 10.1. The van der Waals surface area contributed by atoms with E-state index in [0.29, 0.717) is 11.2 Å². The van der Waals surface area contributed by atoms with E-state index in [1.165, 1.54) is 10.9 Å². The van der Waals surface area contributed by atoms with Gasteiger partial charge in [-0.2, -0.15) is 5.10 Å². The third-order valence-electron chi connectivity index (χ3n) is 4.09. The average Bonchev–Trinajstić information content (AvgIpc) is 3.19. The molecule has 4 aromatic rings. The molecular formula is C18H16N4OS. The smallest absolute Gasteiger partial charge is 0.200 e. The average molecular weight is 336 g/mol. The van der Waals surface area contributed by atoms with Gasteiger partial charge in [-0.15, -0.1) is 0 Å². The molecule has 0 saturated carbocycles. The maximum Gasteiger partial charge on any atom is 0.200 e. The number of nitrogens with zero attached hydrogens (tertiary/aromatic N) is 2. The van der Waals surface area contributed by atoms with Gasteiger partial charge in [0.2, 0.25) is 0 Å². The van der Waals surface area contributed by atoms with Crippen LogP contribution in [0.4, 0.5) is 0 Å². The highest BCUT2D eigenvalue weighted by molar-refractivity contribution is 7.71. The molecule has 0 saturated heterocycles. The number of aromatic nitrogens is 4. The minimum atomic E-state index is 0.550. The first-order valence-electron chi connectivity index (χ1n) is 7.62. The van der Waals surface area contributed by atoms with E-state index in [0.717, 1.165) is 22.8 Å². The summed E-state index contributed by atoms with van der Waals surface area (Å²) in [5.41, 5.74) is 3.18. The number of para-hydroxylation sites is 3. The van der Waals surface area contributed by atoms with Crippen LogP contribution in [-0.4, -0.2) is 26.9 Å². The molecule has 2 aromatic carbocycles. The zero-order valence-corrected chi connectivity index (χ0v) is 13.9. The minimum absolute atomic E-state index is 0.550. The maximum absolute atomic E-state index is 5.47. The summed E-state index contributed by atoms with van der Waals surface area (Å²) in [5, 5.41) is 8.52. The number of fused-ring (bicyclic) bond motifs is 1. The SMILES string of the molecule is COc1ccccc1-n1c(Cc2c[nH]c3ccccc23)n[nH]c1=S. The standard InChI is InChI=1S/C18H16N4OS/c1-23-16-9-5-4-8-15(16)22-17(20-21-18(22)24)10-12-11-19-14-7-3-2-6-13(12)14/h2-9,11,19H,10H2,1H3,(H,21,24). The molecule has 0 aliphatic rings. The van der Waals surface area contributed by atoms with Gasteiger partial charge in [-0.05, 0) is 36.0 Å². The fourth-order valence-corrected chi connectivity index (χ4v) is 3.21. The molecule has 0 aliphatic heterocycles. The Bertz CT molecular complexity index is 1060. The van der Waals surface area contributed by atoms with Crippen LogP contribution >= 0.6 is 12.2 Å². The summed E-state index contributed by atoms with van der Waals surface area (Å²) < 4.78 is 7.95. The van der Waals surface area contributed by atoms with E-state index in [9.17, 15) is 0 Å². The van der Waals surface area contributed by atoms with E-state index in [2.05, 4.69) is 27.3 Å². The number of nitrogens with one attached hydrogen (secondary N) is 2. The number of benzene rings is 2. The maximum atomic E-state index is 5.47. The normalized spacial score (nSPS) is 11.0. The predicted molar refractivity (Wildman–Crippen MR) is 96.4 cm³/mol. The Balaban J connectivity index is 1.82. The zero-order chi connectivity index (χ0) is 16.5. The summed E-state index contributed by atoms with van der Waals surface area (Å²) in [6.07, 6.45) is 2.68. The van der Waals surface area contributed by atoms with E-state index < -0.39 is 0 Å². The number of H-pyrrole nitrogens is 2. The lowest BCUT2D eigenvalue weighted by Gasteiger charge is -2.11. The molecule has 24 heavy (non-hydrogen) atoms. The highest BCUT2D eigenvalue weighted by Gasteiger charge is 2.14. The van der Waals surface area contributed by atoms with Gasteiger partial charge in [0, 0.05) is 23.5 Å². The van der Waals surface area contributed by atoms with Gasteiger partial charge in [-0.25, -0.2) is 0 Å². The molecule has 0 aliphatic carbocycles. The van der Waals surface area contributed by atoms with E-state index in [-0.39, 0.29) is 0 Å². The van der Waals surface area contributed by atoms with Crippen LogP contribution in [0.2, 0.25) is 0 Å². The zero-order valence-electron chi connectivity index (χ0n) is 13.1. The second-order valence-corrected chi connectivity index (χ2v) is 5.88. The number of methoxy groups -OCH3 is 1. The van der Waals surface area contributed by atoms with Crippen molar-refractivity contribution in [3.8, 4) is 11.4 Å². The number of aromatic amines is 2. The molecule has 0 atom stereocenters. The van der Waals surface area contributed by atoms with Crippen LogP contribution in [0.1, 0.15) is 11.4 Å². The van der Waals surface area contributed by atoms with Crippen molar-refractivity contribution in [3.05, 3.63) is 70.9 Å². The molecular weight excluding hydrogens is 320 g/mol. The van der Waals surface area contributed by atoms with Crippen LogP contribution in [0, 0.1) is 4.77 Å². The van der Waals surface area contributed by atoms with Crippen LogP contribution in [0.15, 0.2) is 54.7 Å². The fraction of sp³-hybridized carbons (Fsp3) is 0.111. The van der Waals surface area contributed by atoms with Crippen molar-refractivity contribution in [2.24, 2.45) is 0 Å². The van der Waals surface area contributed by atoms with Gasteiger partial charge >= 0.3 is 0 Å². The molecule has 0 radical (unpaired) electrons. The van der Waals surface area contributed by atoms with Gasteiger partial charge < -0.3 is 9.72 Å². The van der Waals surface area contributed by atoms with Gasteiger partial charge in [0.25, 0.3) is 0 Å². The number of hydrogen-bond acceptors (Lipinski definition) is 3. The van der Waals surface area contributed by atoms with Crippen molar-refractivity contribution in [2.75, 3.05) is 7.11 Å². The molecule has 2 N–H and O–H groups in total. The van der Waals surface area contributed by atoms with Crippen molar-refractivity contribution in [1.29, 1.82) is 0 Å². The van der Waals surface area contributed by atoms with Crippen LogP contribution in [0.3, 0.4) is 0 Å². The molecule has 4 rings (SSSR count).